The van der Waals surface area contributed by atoms with Gasteiger partial charge in [0.25, 0.3) is 5.91 Å². The van der Waals surface area contributed by atoms with E-state index in [9.17, 15) is 9.18 Å². The predicted octanol–water partition coefficient (Wildman–Crippen LogP) is 0.318. The fourth-order valence-electron chi connectivity index (χ4n) is 2.13. The highest BCUT2D eigenvalue weighted by molar-refractivity contribution is 5.77. The van der Waals surface area contributed by atoms with Crippen molar-refractivity contribution >= 4 is 5.91 Å². The standard InChI is InChI=1S/C13H14FN5O3/c14-9-3-1-2-4-10(9)22-8-12(20)19-5-6-21-11(7-19)13-15-17-18-16-13/h1-4,11H,5-8H2,(H,15,16,17,18). The summed E-state index contributed by atoms with van der Waals surface area (Å²) in [7, 11) is 0. The van der Waals surface area contributed by atoms with Crippen LogP contribution in [0.4, 0.5) is 4.39 Å². The van der Waals surface area contributed by atoms with Crippen molar-refractivity contribution < 1.29 is 18.7 Å². The SMILES string of the molecule is O=C(COc1ccccc1F)N1CCOC(c2nn[nH]n2)C1. The van der Waals surface area contributed by atoms with E-state index in [0.717, 1.165) is 0 Å². The van der Waals surface area contributed by atoms with E-state index in [1.54, 1.807) is 17.0 Å². The Morgan fingerprint density at radius 2 is 2.36 bits per heavy atom. The van der Waals surface area contributed by atoms with Crippen LogP contribution in [0, 0.1) is 5.82 Å². The Morgan fingerprint density at radius 3 is 3.14 bits per heavy atom. The molecule has 9 heteroatoms. The van der Waals surface area contributed by atoms with E-state index in [-0.39, 0.29) is 18.3 Å². The first kappa shape index (κ1) is 14.4. The maximum Gasteiger partial charge on any atom is 0.260 e. The van der Waals surface area contributed by atoms with Crippen LogP contribution >= 0.6 is 0 Å². The van der Waals surface area contributed by atoms with Crippen LogP contribution in [0.15, 0.2) is 24.3 Å². The number of hydrogen-bond donors (Lipinski definition) is 1. The Morgan fingerprint density at radius 1 is 1.50 bits per heavy atom. The van der Waals surface area contributed by atoms with Gasteiger partial charge in [0.2, 0.25) is 5.82 Å². The van der Waals surface area contributed by atoms with Gasteiger partial charge in [-0.3, -0.25) is 4.79 Å². The van der Waals surface area contributed by atoms with Crippen molar-refractivity contribution in [2.75, 3.05) is 26.3 Å². The topological polar surface area (TPSA) is 93.2 Å². The van der Waals surface area contributed by atoms with E-state index in [4.69, 9.17) is 9.47 Å². The van der Waals surface area contributed by atoms with Crippen LogP contribution in [0.25, 0.3) is 0 Å². The van der Waals surface area contributed by atoms with E-state index in [0.29, 0.717) is 25.5 Å². The number of benzene rings is 1. The molecule has 3 rings (SSSR count). The number of ether oxygens (including phenoxy) is 2. The van der Waals surface area contributed by atoms with Crippen LogP contribution in [-0.2, 0) is 9.53 Å². The van der Waals surface area contributed by atoms with E-state index >= 15 is 0 Å². The summed E-state index contributed by atoms with van der Waals surface area (Å²) >= 11 is 0. The first-order valence-electron chi connectivity index (χ1n) is 6.74. The lowest BCUT2D eigenvalue weighted by atomic mass is 10.2. The zero-order chi connectivity index (χ0) is 15.4. The van der Waals surface area contributed by atoms with Crippen molar-refractivity contribution in [2.45, 2.75) is 6.10 Å². The van der Waals surface area contributed by atoms with Gasteiger partial charge in [-0.1, -0.05) is 17.3 Å². The Labute approximate surface area is 125 Å². The quantitative estimate of drug-likeness (QED) is 0.874. The zero-order valence-corrected chi connectivity index (χ0v) is 11.6. The summed E-state index contributed by atoms with van der Waals surface area (Å²) in [6.07, 6.45) is -0.426. The number of amides is 1. The molecule has 2 heterocycles. The predicted molar refractivity (Wildman–Crippen MR) is 71.3 cm³/mol. The number of nitrogens with one attached hydrogen (secondary N) is 1. The van der Waals surface area contributed by atoms with Gasteiger partial charge in [-0.15, -0.1) is 10.2 Å². The molecule has 0 radical (unpaired) electrons. The molecule has 0 saturated carbocycles. The number of para-hydroxylation sites is 1. The first-order chi connectivity index (χ1) is 10.7. The van der Waals surface area contributed by atoms with Crippen molar-refractivity contribution in [1.29, 1.82) is 0 Å². The molecule has 0 bridgehead atoms. The van der Waals surface area contributed by atoms with E-state index in [2.05, 4.69) is 20.6 Å². The molecule has 1 aromatic carbocycles. The van der Waals surface area contributed by atoms with E-state index in [1.807, 2.05) is 0 Å². The number of rotatable bonds is 4. The van der Waals surface area contributed by atoms with Crippen molar-refractivity contribution in [3.05, 3.63) is 35.9 Å². The van der Waals surface area contributed by atoms with Crippen LogP contribution in [-0.4, -0.2) is 57.7 Å². The third-order valence-corrected chi connectivity index (χ3v) is 3.26. The minimum absolute atomic E-state index is 0.0545. The smallest absolute Gasteiger partial charge is 0.260 e. The molecule has 0 aliphatic carbocycles. The van der Waals surface area contributed by atoms with Gasteiger partial charge in [0.05, 0.1) is 13.2 Å². The van der Waals surface area contributed by atoms with Gasteiger partial charge >= 0.3 is 0 Å². The third kappa shape index (κ3) is 3.19. The molecule has 8 nitrogen and oxygen atoms in total. The third-order valence-electron chi connectivity index (χ3n) is 3.26. The summed E-state index contributed by atoms with van der Waals surface area (Å²) in [4.78, 5) is 13.7. The average Bonchev–Trinajstić information content (AvgIpc) is 3.08. The molecule has 1 amide bonds. The summed E-state index contributed by atoms with van der Waals surface area (Å²) < 4.78 is 24.2. The number of nitrogens with zero attached hydrogens (tertiary/aromatic N) is 4. The van der Waals surface area contributed by atoms with Gasteiger partial charge < -0.3 is 14.4 Å². The number of tetrazole rings is 1. The van der Waals surface area contributed by atoms with E-state index < -0.39 is 11.9 Å². The van der Waals surface area contributed by atoms with Crippen LogP contribution < -0.4 is 4.74 Å². The fourth-order valence-corrected chi connectivity index (χ4v) is 2.13. The van der Waals surface area contributed by atoms with Crippen molar-refractivity contribution in [2.24, 2.45) is 0 Å². The Bertz CT molecular complexity index is 636. The molecule has 1 aromatic heterocycles. The number of carbonyl (C=O) groups is 1. The Hall–Kier alpha value is -2.55. The van der Waals surface area contributed by atoms with Crippen LogP contribution in [0.1, 0.15) is 11.9 Å². The molecule has 1 fully saturated rings. The molecule has 1 saturated heterocycles. The minimum atomic E-state index is -0.498. The van der Waals surface area contributed by atoms with Gasteiger partial charge in [0, 0.05) is 6.54 Å². The Balaban J connectivity index is 1.57. The molecule has 1 N–H and O–H groups in total. The molecule has 1 unspecified atom stereocenters. The molecule has 0 spiro atoms. The molecule has 2 aromatic rings. The molecule has 1 atom stereocenters. The number of hydrogen-bond acceptors (Lipinski definition) is 6. The molecular weight excluding hydrogens is 293 g/mol. The average molecular weight is 307 g/mol. The molecule has 116 valence electrons. The Kier molecular flexibility index (Phi) is 4.24. The summed E-state index contributed by atoms with van der Waals surface area (Å²) in [5, 5.41) is 13.5. The van der Waals surface area contributed by atoms with Crippen LogP contribution in [0.5, 0.6) is 5.75 Å². The number of halogens is 1. The summed E-state index contributed by atoms with van der Waals surface area (Å²) in [5.41, 5.74) is 0. The van der Waals surface area contributed by atoms with Gasteiger partial charge in [-0.25, -0.2) is 4.39 Å². The second kappa shape index (κ2) is 6.48. The summed E-state index contributed by atoms with van der Waals surface area (Å²) in [6, 6.07) is 5.95. The highest BCUT2D eigenvalue weighted by Crippen LogP contribution is 2.19. The highest BCUT2D eigenvalue weighted by Gasteiger charge is 2.28. The van der Waals surface area contributed by atoms with Gasteiger partial charge in [0.15, 0.2) is 18.2 Å². The number of aromatic amines is 1. The molecular formula is C13H14FN5O3. The lowest BCUT2D eigenvalue weighted by Gasteiger charge is -2.31. The normalized spacial score (nSPS) is 18.2. The monoisotopic (exact) mass is 307 g/mol. The number of morpholine rings is 1. The van der Waals surface area contributed by atoms with Gasteiger partial charge in [0.1, 0.15) is 6.10 Å². The maximum absolute atomic E-state index is 13.4. The van der Waals surface area contributed by atoms with Crippen LogP contribution in [0.2, 0.25) is 0 Å². The zero-order valence-electron chi connectivity index (χ0n) is 11.6. The second-order valence-corrected chi connectivity index (χ2v) is 4.69. The largest absolute Gasteiger partial charge is 0.481 e. The van der Waals surface area contributed by atoms with Crippen LogP contribution in [0.3, 0.4) is 0 Å². The van der Waals surface area contributed by atoms with E-state index in [1.165, 1.54) is 12.1 Å². The molecule has 22 heavy (non-hydrogen) atoms. The van der Waals surface area contributed by atoms with Crippen molar-refractivity contribution in [1.82, 2.24) is 25.5 Å². The molecule has 1 aliphatic rings. The van der Waals surface area contributed by atoms with Crippen molar-refractivity contribution in [3.63, 3.8) is 0 Å². The highest BCUT2D eigenvalue weighted by atomic mass is 19.1. The summed E-state index contributed by atoms with van der Waals surface area (Å²) in [5.74, 6) is -0.298. The lowest BCUT2D eigenvalue weighted by molar-refractivity contribution is -0.141. The lowest BCUT2D eigenvalue weighted by Crippen LogP contribution is -2.44. The minimum Gasteiger partial charge on any atom is -0.481 e. The van der Waals surface area contributed by atoms with Gasteiger partial charge in [-0.2, -0.15) is 5.21 Å². The second-order valence-electron chi connectivity index (χ2n) is 4.69. The fraction of sp³-hybridized carbons (Fsp3) is 0.385. The maximum atomic E-state index is 13.4. The first-order valence-corrected chi connectivity index (χ1v) is 6.74. The van der Waals surface area contributed by atoms with Crippen molar-refractivity contribution in [3.8, 4) is 5.75 Å². The number of H-pyrrole nitrogens is 1. The van der Waals surface area contributed by atoms with Gasteiger partial charge in [-0.05, 0) is 12.1 Å². The number of carbonyl (C=O) groups excluding carboxylic acids is 1. The molecule has 1 aliphatic heterocycles. The number of aromatic nitrogens is 4. The summed E-state index contributed by atoms with van der Waals surface area (Å²) in [6.45, 7) is 0.872.